The average molecular weight is 228 g/mol. The summed E-state index contributed by atoms with van der Waals surface area (Å²) in [6, 6.07) is -0.905. The number of carbonyl (C=O) groups excluding carboxylic acids is 2. The molecule has 0 heterocycles. The quantitative estimate of drug-likeness (QED) is 0.229. The lowest BCUT2D eigenvalue weighted by Gasteiger charge is -2.16. The van der Waals surface area contributed by atoms with Crippen molar-refractivity contribution in [2.45, 2.75) is 19.9 Å². The third-order valence-corrected chi connectivity index (χ3v) is 1.93. The molecular weight excluding hydrogens is 214 g/mol. The van der Waals surface area contributed by atoms with Gasteiger partial charge in [-0.05, 0) is 5.92 Å². The molecule has 0 saturated carbocycles. The van der Waals surface area contributed by atoms with Crippen molar-refractivity contribution >= 4 is 12.0 Å². The molecule has 0 aliphatic heterocycles. The molecule has 6 heteroatoms. The van der Waals surface area contributed by atoms with Gasteiger partial charge in [-0.15, -0.1) is 0 Å². The first-order valence-corrected chi connectivity index (χ1v) is 4.60. The maximum atomic E-state index is 11.4. The summed E-state index contributed by atoms with van der Waals surface area (Å²) in [7, 11) is 2.26. The highest BCUT2D eigenvalue weighted by atomic mass is 16.6. The highest BCUT2D eigenvalue weighted by Gasteiger charge is 2.30. The van der Waals surface area contributed by atoms with Crippen LogP contribution in [0.25, 0.3) is 0 Å². The van der Waals surface area contributed by atoms with Crippen LogP contribution in [0.2, 0.25) is 0 Å². The normalized spacial score (nSPS) is 13.6. The van der Waals surface area contributed by atoms with Crippen LogP contribution in [-0.2, 0) is 24.2 Å². The van der Waals surface area contributed by atoms with Gasteiger partial charge in [-0.2, -0.15) is 4.99 Å². The van der Waals surface area contributed by atoms with Gasteiger partial charge in [-0.1, -0.05) is 13.8 Å². The molecule has 0 aromatic rings. The maximum Gasteiger partial charge on any atom is 0.343 e. The molecule has 0 aromatic carbocycles. The third-order valence-electron chi connectivity index (χ3n) is 1.93. The molecule has 0 fully saturated rings. The van der Waals surface area contributed by atoms with E-state index < -0.39 is 18.0 Å². The molecule has 0 N–H and O–H groups in total. The van der Waals surface area contributed by atoms with Crippen LogP contribution in [-0.4, -0.2) is 32.3 Å². The Labute approximate surface area is 93.6 Å². The highest BCUT2D eigenvalue weighted by molar-refractivity contribution is 5.90. The van der Waals surface area contributed by atoms with Gasteiger partial charge in [0, 0.05) is 0 Å². The van der Waals surface area contributed by atoms with Crippen LogP contribution in [0.3, 0.4) is 0 Å². The second-order valence-corrected chi connectivity index (χ2v) is 3.31. The van der Waals surface area contributed by atoms with Crippen molar-refractivity contribution in [2.24, 2.45) is 10.9 Å². The Morgan fingerprint density at radius 1 is 1.25 bits per heavy atom. The van der Waals surface area contributed by atoms with Gasteiger partial charge in [0.1, 0.15) is 11.6 Å². The maximum absolute atomic E-state index is 11.4. The molecule has 1 unspecified atom stereocenters. The van der Waals surface area contributed by atoms with Crippen LogP contribution in [0.4, 0.5) is 0 Å². The first kappa shape index (κ1) is 14.2. The molecule has 0 spiro atoms. The number of isocyanates is 1. The predicted octanol–water partition coefficient (Wildman–Crippen LogP) is 0.808. The number of esters is 1. The smallest absolute Gasteiger partial charge is 0.343 e. The van der Waals surface area contributed by atoms with Gasteiger partial charge >= 0.3 is 11.9 Å². The summed E-state index contributed by atoms with van der Waals surface area (Å²) in [5, 5.41) is 11.4. The fourth-order valence-electron chi connectivity index (χ4n) is 1.15. The second kappa shape index (κ2) is 6.63. The molecule has 0 amide bonds. The molecule has 1 atom stereocenters. The lowest BCUT2D eigenvalue weighted by atomic mass is 9.97. The van der Waals surface area contributed by atoms with Crippen molar-refractivity contribution in [3.05, 3.63) is 11.5 Å². The van der Waals surface area contributed by atoms with Gasteiger partial charge in [-0.25, -0.2) is 14.7 Å². The van der Waals surface area contributed by atoms with Crippen LogP contribution in [0.1, 0.15) is 13.8 Å². The Bertz CT molecular complexity index is 328. The summed E-state index contributed by atoms with van der Waals surface area (Å²) < 4.78 is 8.89. The third kappa shape index (κ3) is 3.40. The van der Waals surface area contributed by atoms with Gasteiger partial charge in [0.05, 0.1) is 14.2 Å². The number of carbonyl (C=O) groups is 1. The molecule has 0 aromatic heterocycles. The van der Waals surface area contributed by atoms with Crippen molar-refractivity contribution in [1.29, 1.82) is 0 Å². The topological polar surface area (TPSA) is 84.9 Å². The van der Waals surface area contributed by atoms with Crippen LogP contribution < -0.4 is 0 Å². The van der Waals surface area contributed by atoms with Crippen molar-refractivity contribution in [1.82, 2.24) is 0 Å². The van der Waals surface area contributed by atoms with Gasteiger partial charge < -0.3 is 9.47 Å². The fourth-order valence-corrected chi connectivity index (χ4v) is 1.15. The van der Waals surface area contributed by atoms with E-state index >= 15 is 0 Å². The van der Waals surface area contributed by atoms with Crippen LogP contribution >= 0.6 is 0 Å². The number of hydrogen-bond acceptors (Lipinski definition) is 5. The summed E-state index contributed by atoms with van der Waals surface area (Å²) in [6.45, 7) is 3.41. The number of hydrogen-bond donors (Lipinski definition) is 0. The number of aliphatic imine (C=N–C) groups is 1. The van der Waals surface area contributed by atoms with Gasteiger partial charge in [0.15, 0.2) is 0 Å². The molecule has 89 valence electrons. The van der Waals surface area contributed by atoms with Crippen LogP contribution in [0, 0.1) is 5.92 Å². The van der Waals surface area contributed by atoms with Crippen molar-refractivity contribution < 1.29 is 24.2 Å². The average Bonchev–Trinajstić information content (AvgIpc) is 2.27. The van der Waals surface area contributed by atoms with E-state index in [1.165, 1.54) is 6.08 Å². The zero-order valence-corrected chi connectivity index (χ0v) is 9.64. The lowest BCUT2D eigenvalue weighted by Crippen LogP contribution is -2.25. The summed E-state index contributed by atoms with van der Waals surface area (Å²) in [4.78, 5) is 25.0. The minimum Gasteiger partial charge on any atom is -0.465 e. The largest absolute Gasteiger partial charge is 0.465 e. The highest BCUT2D eigenvalue weighted by Crippen LogP contribution is 2.20. The molecular formula is C10H14NO5. The van der Waals surface area contributed by atoms with E-state index in [4.69, 9.17) is 0 Å². The van der Waals surface area contributed by atoms with E-state index in [9.17, 15) is 14.7 Å². The number of rotatable bonds is 5. The van der Waals surface area contributed by atoms with Crippen molar-refractivity contribution in [2.75, 3.05) is 14.2 Å². The van der Waals surface area contributed by atoms with E-state index in [2.05, 4.69) is 14.5 Å². The van der Waals surface area contributed by atoms with E-state index in [1.54, 1.807) is 13.8 Å². The molecule has 1 radical (unpaired) electrons. The van der Waals surface area contributed by atoms with E-state index in [0.29, 0.717) is 0 Å². The van der Waals surface area contributed by atoms with Crippen molar-refractivity contribution in [3.8, 4) is 0 Å². The SMILES string of the molecule is COC(=O)C(=C([O])OC)C(N=C=O)C(C)C. The first-order chi connectivity index (χ1) is 7.49. The van der Waals surface area contributed by atoms with E-state index in [0.717, 1.165) is 14.2 Å². The van der Waals surface area contributed by atoms with E-state index in [-0.39, 0.29) is 11.5 Å². The molecule has 0 saturated heterocycles. The monoisotopic (exact) mass is 228 g/mol. The van der Waals surface area contributed by atoms with Gasteiger partial charge in [0.2, 0.25) is 6.08 Å². The summed E-state index contributed by atoms with van der Waals surface area (Å²) in [5.41, 5.74) is -0.302. The Kier molecular flexibility index (Phi) is 5.88. The van der Waals surface area contributed by atoms with Crippen LogP contribution in [0.15, 0.2) is 16.5 Å². The fraction of sp³-hybridized carbons (Fsp3) is 0.600. The molecule has 6 nitrogen and oxygen atoms in total. The molecule has 0 bridgehead atoms. The zero-order valence-electron chi connectivity index (χ0n) is 9.64. The van der Waals surface area contributed by atoms with Gasteiger partial charge in [0.25, 0.3) is 0 Å². The van der Waals surface area contributed by atoms with Gasteiger partial charge in [-0.3, -0.25) is 0 Å². The number of nitrogens with zero attached hydrogens (tertiary/aromatic N) is 1. The number of ether oxygens (including phenoxy) is 2. The summed E-state index contributed by atoms with van der Waals surface area (Å²) in [6.07, 6.45) is 1.33. The molecule has 16 heavy (non-hydrogen) atoms. The minimum absolute atomic E-state index is 0.227. The Morgan fingerprint density at radius 2 is 1.81 bits per heavy atom. The Balaban J connectivity index is 5.47. The zero-order chi connectivity index (χ0) is 12.7. The Morgan fingerprint density at radius 3 is 2.12 bits per heavy atom. The second-order valence-electron chi connectivity index (χ2n) is 3.31. The standard InChI is InChI=1S/C10H14NO5/c1-6(2)8(11-5-12)7(9(13)15-3)10(14)16-4/h6,8H,1-4H3. The first-order valence-electron chi connectivity index (χ1n) is 4.60. The van der Waals surface area contributed by atoms with E-state index in [1.807, 2.05) is 0 Å². The minimum atomic E-state index is -0.905. The summed E-state index contributed by atoms with van der Waals surface area (Å²) in [5.74, 6) is -1.94. The van der Waals surface area contributed by atoms with Crippen LogP contribution in [0.5, 0.6) is 0 Å². The molecule has 0 aliphatic carbocycles. The predicted molar refractivity (Wildman–Crippen MR) is 53.5 cm³/mol. The lowest BCUT2D eigenvalue weighted by molar-refractivity contribution is -0.137. The molecule has 0 aliphatic rings. The summed E-state index contributed by atoms with van der Waals surface area (Å²) >= 11 is 0. The number of methoxy groups -OCH3 is 2. The Hall–Kier alpha value is -1.81. The van der Waals surface area contributed by atoms with Crippen molar-refractivity contribution in [3.63, 3.8) is 0 Å². The molecule has 0 rings (SSSR count).